The number of aromatic nitrogens is 3. The molecular formula is C32H26FN5O2. The first kappa shape index (κ1) is 26.2. The van der Waals surface area contributed by atoms with E-state index in [1.165, 1.54) is 12.1 Å². The molecule has 2 heterocycles. The Kier molecular flexibility index (Phi) is 7.87. The van der Waals surface area contributed by atoms with Gasteiger partial charge in [0, 0.05) is 41.8 Å². The first-order valence-electron chi connectivity index (χ1n) is 12.6. The molecular weight excluding hydrogens is 505 g/mol. The molecule has 8 heteroatoms. The van der Waals surface area contributed by atoms with Gasteiger partial charge in [0.15, 0.2) is 0 Å². The number of benzene rings is 3. The molecule has 0 radical (unpaired) electrons. The molecule has 0 aliphatic carbocycles. The van der Waals surface area contributed by atoms with Crippen LogP contribution in [0.25, 0.3) is 23.0 Å². The second kappa shape index (κ2) is 12.0. The van der Waals surface area contributed by atoms with Crippen LogP contribution in [-0.4, -0.2) is 26.6 Å². The van der Waals surface area contributed by atoms with Crippen molar-refractivity contribution in [1.82, 2.24) is 25.4 Å². The van der Waals surface area contributed by atoms with Crippen LogP contribution in [-0.2, 0) is 11.3 Å². The number of hydrogen-bond donors (Lipinski definition) is 2. The van der Waals surface area contributed by atoms with Crippen LogP contribution in [0.15, 0.2) is 115 Å². The number of para-hydroxylation sites is 1. The van der Waals surface area contributed by atoms with Crippen molar-refractivity contribution in [2.45, 2.75) is 13.5 Å². The number of nitrogens with one attached hydrogen (secondary N) is 2. The van der Waals surface area contributed by atoms with Crippen molar-refractivity contribution in [3.8, 4) is 16.9 Å². The molecule has 198 valence electrons. The van der Waals surface area contributed by atoms with Crippen LogP contribution in [0.5, 0.6) is 0 Å². The Morgan fingerprint density at radius 2 is 1.68 bits per heavy atom. The number of rotatable bonds is 8. The minimum absolute atomic E-state index is 0.0328. The van der Waals surface area contributed by atoms with Gasteiger partial charge in [-0.1, -0.05) is 42.0 Å². The molecule has 0 fully saturated rings. The van der Waals surface area contributed by atoms with Gasteiger partial charge in [0.2, 0.25) is 0 Å². The molecule has 2 amide bonds. The minimum Gasteiger partial charge on any atom is -0.347 e. The van der Waals surface area contributed by atoms with Gasteiger partial charge in [0.25, 0.3) is 11.8 Å². The fourth-order valence-electron chi connectivity index (χ4n) is 4.03. The number of hydrogen-bond acceptors (Lipinski definition) is 4. The predicted octanol–water partition coefficient (Wildman–Crippen LogP) is 5.47. The third kappa shape index (κ3) is 6.36. The quantitative estimate of drug-likeness (QED) is 0.260. The van der Waals surface area contributed by atoms with Gasteiger partial charge >= 0.3 is 0 Å². The maximum absolute atomic E-state index is 13.7. The van der Waals surface area contributed by atoms with Crippen LogP contribution < -0.4 is 10.6 Å². The molecule has 0 aliphatic heterocycles. The van der Waals surface area contributed by atoms with Gasteiger partial charge in [0.1, 0.15) is 17.2 Å². The summed E-state index contributed by atoms with van der Waals surface area (Å²) in [7, 11) is 0. The Bertz CT molecular complexity index is 1650. The fraction of sp³-hybridized carbons (Fsp3) is 0.0625. The Hall–Kier alpha value is -5.37. The number of carbonyl (C=O) groups is 2. The lowest BCUT2D eigenvalue weighted by molar-refractivity contribution is -0.117. The highest BCUT2D eigenvalue weighted by Crippen LogP contribution is 2.26. The zero-order chi connectivity index (χ0) is 27.9. The van der Waals surface area contributed by atoms with Crippen LogP contribution in [0.3, 0.4) is 0 Å². The number of carbonyl (C=O) groups excluding carboxylic acids is 2. The van der Waals surface area contributed by atoms with Gasteiger partial charge in [-0.3, -0.25) is 14.6 Å². The van der Waals surface area contributed by atoms with Gasteiger partial charge in [-0.15, -0.1) is 0 Å². The molecule has 5 rings (SSSR count). The van der Waals surface area contributed by atoms with E-state index in [0.717, 1.165) is 16.8 Å². The lowest BCUT2D eigenvalue weighted by Crippen LogP contribution is -2.34. The molecule has 0 aliphatic rings. The van der Waals surface area contributed by atoms with E-state index in [9.17, 15) is 14.0 Å². The molecule has 0 atom stereocenters. The summed E-state index contributed by atoms with van der Waals surface area (Å²) in [6.45, 7) is 2.15. The van der Waals surface area contributed by atoms with Crippen LogP contribution in [0.4, 0.5) is 4.39 Å². The van der Waals surface area contributed by atoms with Gasteiger partial charge in [-0.2, -0.15) is 5.10 Å². The predicted molar refractivity (Wildman–Crippen MR) is 152 cm³/mol. The topological polar surface area (TPSA) is 88.9 Å². The Labute approximate surface area is 231 Å². The van der Waals surface area contributed by atoms with E-state index < -0.39 is 11.8 Å². The Morgan fingerprint density at radius 1 is 0.925 bits per heavy atom. The lowest BCUT2D eigenvalue weighted by Gasteiger charge is -2.11. The van der Waals surface area contributed by atoms with Crippen LogP contribution in [0.1, 0.15) is 27.0 Å². The fourth-order valence-corrected chi connectivity index (χ4v) is 4.03. The first-order chi connectivity index (χ1) is 19.5. The maximum atomic E-state index is 13.7. The molecule has 2 aromatic heterocycles. The normalized spacial score (nSPS) is 11.2. The average molecular weight is 532 g/mol. The van der Waals surface area contributed by atoms with Gasteiger partial charge < -0.3 is 10.6 Å². The monoisotopic (exact) mass is 531 g/mol. The number of nitrogens with zero attached hydrogens (tertiary/aromatic N) is 3. The highest BCUT2D eigenvalue weighted by Gasteiger charge is 2.18. The zero-order valence-electron chi connectivity index (χ0n) is 21.7. The van der Waals surface area contributed by atoms with Crippen LogP contribution >= 0.6 is 0 Å². The molecule has 0 spiro atoms. The summed E-state index contributed by atoms with van der Waals surface area (Å²) in [4.78, 5) is 30.6. The minimum atomic E-state index is -0.484. The summed E-state index contributed by atoms with van der Waals surface area (Å²) in [6, 6.07) is 26.1. The largest absolute Gasteiger partial charge is 0.347 e. The van der Waals surface area contributed by atoms with Gasteiger partial charge in [-0.25, -0.2) is 9.07 Å². The summed E-state index contributed by atoms with van der Waals surface area (Å²) < 4.78 is 15.4. The highest BCUT2D eigenvalue weighted by molar-refractivity contribution is 6.05. The molecule has 3 aromatic carbocycles. The smallest absolute Gasteiger partial charge is 0.268 e. The molecule has 0 unspecified atom stereocenters. The van der Waals surface area contributed by atoms with Crippen LogP contribution in [0.2, 0.25) is 0 Å². The second-order valence-corrected chi connectivity index (χ2v) is 9.14. The van der Waals surface area contributed by atoms with Crippen molar-refractivity contribution in [1.29, 1.82) is 0 Å². The average Bonchev–Trinajstić information content (AvgIpc) is 3.41. The Balaban J connectivity index is 1.55. The molecule has 0 saturated heterocycles. The third-order valence-electron chi connectivity index (χ3n) is 6.16. The lowest BCUT2D eigenvalue weighted by atomic mass is 10.1. The van der Waals surface area contributed by atoms with Crippen molar-refractivity contribution in [3.05, 3.63) is 143 Å². The molecule has 5 aromatic rings. The Morgan fingerprint density at radius 3 is 2.38 bits per heavy atom. The van der Waals surface area contributed by atoms with Crippen molar-refractivity contribution in [3.63, 3.8) is 0 Å². The van der Waals surface area contributed by atoms with Crippen molar-refractivity contribution in [2.75, 3.05) is 0 Å². The van der Waals surface area contributed by atoms with Gasteiger partial charge in [-0.05, 0) is 73.2 Å². The molecule has 0 saturated carbocycles. The zero-order valence-corrected chi connectivity index (χ0v) is 21.7. The van der Waals surface area contributed by atoms with E-state index in [0.29, 0.717) is 22.4 Å². The molecule has 7 nitrogen and oxygen atoms in total. The summed E-state index contributed by atoms with van der Waals surface area (Å²) in [5.41, 5.74) is 4.81. The summed E-state index contributed by atoms with van der Waals surface area (Å²) in [6.07, 6.45) is 6.65. The standard InChI is InChI=1S/C32H26FN5O2/c1-22-9-11-25(12-10-22)31(39)36-29(32(40)35-20-23-6-5-17-34-19-23)18-26-21-38(28-7-3-2-4-8-28)37-30(26)24-13-15-27(33)16-14-24/h2-19,21H,20H2,1H3,(H,35,40)(H,36,39)/b29-18+. The summed E-state index contributed by atoms with van der Waals surface area (Å²) in [5.74, 6) is -1.28. The molecule has 40 heavy (non-hydrogen) atoms. The first-order valence-corrected chi connectivity index (χ1v) is 12.6. The van der Waals surface area contributed by atoms with Crippen molar-refractivity contribution < 1.29 is 14.0 Å². The van der Waals surface area contributed by atoms with E-state index in [-0.39, 0.29) is 18.1 Å². The highest BCUT2D eigenvalue weighted by atomic mass is 19.1. The SMILES string of the molecule is Cc1ccc(C(=O)N/C(=C/c2cn(-c3ccccc3)nc2-c2ccc(F)cc2)C(=O)NCc2cccnc2)cc1. The third-order valence-corrected chi connectivity index (χ3v) is 6.16. The van der Waals surface area contributed by atoms with E-state index in [4.69, 9.17) is 5.10 Å². The summed E-state index contributed by atoms with van der Waals surface area (Å²) >= 11 is 0. The van der Waals surface area contributed by atoms with E-state index in [1.54, 1.807) is 59.7 Å². The number of aryl methyl sites for hydroxylation is 1. The van der Waals surface area contributed by atoms with Crippen LogP contribution in [0, 0.1) is 12.7 Å². The van der Waals surface area contributed by atoms with Crippen molar-refractivity contribution >= 4 is 17.9 Å². The summed E-state index contributed by atoms with van der Waals surface area (Å²) in [5, 5.41) is 10.4. The maximum Gasteiger partial charge on any atom is 0.268 e. The van der Waals surface area contributed by atoms with E-state index in [1.807, 2.05) is 55.5 Å². The van der Waals surface area contributed by atoms with E-state index >= 15 is 0 Å². The van der Waals surface area contributed by atoms with E-state index in [2.05, 4.69) is 15.6 Å². The number of halogens is 1. The number of pyridine rings is 1. The van der Waals surface area contributed by atoms with Crippen molar-refractivity contribution in [2.24, 2.45) is 0 Å². The molecule has 0 bridgehead atoms. The number of amides is 2. The molecule has 2 N–H and O–H groups in total. The van der Waals surface area contributed by atoms with Gasteiger partial charge in [0.05, 0.1) is 5.69 Å². The second-order valence-electron chi connectivity index (χ2n) is 9.14.